The van der Waals surface area contributed by atoms with Gasteiger partial charge in [0.1, 0.15) is 0 Å². The summed E-state index contributed by atoms with van der Waals surface area (Å²) in [5, 5.41) is 0. The van der Waals surface area contributed by atoms with E-state index in [0.717, 1.165) is 5.57 Å². The van der Waals surface area contributed by atoms with Crippen LogP contribution < -0.4 is 0 Å². The van der Waals surface area contributed by atoms with E-state index < -0.39 is 0 Å². The molecule has 0 aliphatic carbocycles. The Bertz CT molecular complexity index is 353. The van der Waals surface area contributed by atoms with Crippen molar-refractivity contribution in [3.8, 4) is 0 Å². The minimum Gasteiger partial charge on any atom is -0.0912 e. The Morgan fingerprint density at radius 2 is 1.79 bits per heavy atom. The van der Waals surface area contributed by atoms with Crippen LogP contribution in [0.15, 0.2) is 60.7 Å². The Hall–Kier alpha value is -1.56. The molecule has 0 heterocycles. The zero-order chi connectivity index (χ0) is 10.4. The van der Waals surface area contributed by atoms with Crippen LogP contribution in [0.1, 0.15) is 19.4 Å². The van der Waals surface area contributed by atoms with Crippen LogP contribution in [-0.4, -0.2) is 0 Å². The van der Waals surface area contributed by atoms with Crippen LogP contribution in [-0.2, 0) is 0 Å². The number of hydrogen-bond donors (Lipinski definition) is 0. The highest BCUT2D eigenvalue weighted by molar-refractivity contribution is 5.80. The van der Waals surface area contributed by atoms with Gasteiger partial charge in [-0.15, -0.1) is 0 Å². The Labute approximate surface area is 86.3 Å². The summed E-state index contributed by atoms with van der Waals surface area (Å²) in [5.74, 6) is 0. The van der Waals surface area contributed by atoms with Gasteiger partial charge in [-0.05, 0) is 30.6 Å². The van der Waals surface area contributed by atoms with Gasteiger partial charge in [-0.2, -0.15) is 0 Å². The minimum absolute atomic E-state index is 1.06. The Kier molecular flexibility index (Phi) is 3.93. The molecule has 72 valence electrons. The lowest BCUT2D eigenvalue weighted by Crippen LogP contribution is -1.85. The van der Waals surface area contributed by atoms with Gasteiger partial charge in [-0.25, -0.2) is 0 Å². The standard InChI is InChI=1S/C14H16/c1-4-9-12(3)14(5-2)13-10-7-6-8-11-13/h4-11H,3H2,1-2H3. The largest absolute Gasteiger partial charge is 0.0912 e. The second-order valence-electron chi connectivity index (χ2n) is 3.09. The van der Waals surface area contributed by atoms with E-state index in [1.54, 1.807) is 0 Å². The van der Waals surface area contributed by atoms with Gasteiger partial charge in [0.25, 0.3) is 0 Å². The SMILES string of the molecule is C=C(C=CC)C(=CC)c1ccccc1. The molecule has 0 N–H and O–H groups in total. The number of hydrogen-bond acceptors (Lipinski definition) is 0. The first-order chi connectivity index (χ1) is 6.79. The van der Waals surface area contributed by atoms with Crippen molar-refractivity contribution in [2.24, 2.45) is 0 Å². The molecule has 0 spiro atoms. The van der Waals surface area contributed by atoms with E-state index in [1.807, 2.05) is 44.2 Å². The summed E-state index contributed by atoms with van der Waals surface area (Å²) < 4.78 is 0. The molecule has 1 aromatic rings. The molecule has 0 heteroatoms. The molecule has 0 saturated carbocycles. The molecule has 1 aromatic carbocycles. The number of allylic oxidation sites excluding steroid dienone is 5. The van der Waals surface area contributed by atoms with Crippen LogP contribution in [0.5, 0.6) is 0 Å². The van der Waals surface area contributed by atoms with E-state index in [0.29, 0.717) is 0 Å². The van der Waals surface area contributed by atoms with Gasteiger partial charge in [0, 0.05) is 0 Å². The molecule has 0 aromatic heterocycles. The van der Waals surface area contributed by atoms with Crippen LogP contribution in [0.3, 0.4) is 0 Å². The fourth-order valence-corrected chi connectivity index (χ4v) is 1.45. The Balaban J connectivity index is 3.01. The second-order valence-corrected chi connectivity index (χ2v) is 3.09. The summed E-state index contributed by atoms with van der Waals surface area (Å²) in [5.41, 5.74) is 3.48. The van der Waals surface area contributed by atoms with Gasteiger partial charge >= 0.3 is 0 Å². The zero-order valence-corrected chi connectivity index (χ0v) is 8.83. The average Bonchev–Trinajstić information content (AvgIpc) is 2.21. The van der Waals surface area contributed by atoms with Crippen molar-refractivity contribution >= 4 is 5.57 Å². The zero-order valence-electron chi connectivity index (χ0n) is 8.83. The predicted octanol–water partition coefficient (Wildman–Crippen LogP) is 4.22. The van der Waals surface area contributed by atoms with Crippen LogP contribution in [0.2, 0.25) is 0 Å². The van der Waals surface area contributed by atoms with Crippen LogP contribution >= 0.6 is 0 Å². The maximum atomic E-state index is 4.04. The first-order valence-corrected chi connectivity index (χ1v) is 4.83. The lowest BCUT2D eigenvalue weighted by molar-refractivity contribution is 1.55. The summed E-state index contributed by atoms with van der Waals surface area (Å²) in [4.78, 5) is 0. The number of rotatable bonds is 3. The van der Waals surface area contributed by atoms with Crippen LogP contribution in [0.4, 0.5) is 0 Å². The molecule has 0 aliphatic heterocycles. The van der Waals surface area contributed by atoms with Gasteiger partial charge in [-0.1, -0.05) is 55.1 Å². The van der Waals surface area contributed by atoms with Gasteiger partial charge < -0.3 is 0 Å². The van der Waals surface area contributed by atoms with E-state index >= 15 is 0 Å². The second kappa shape index (κ2) is 5.23. The lowest BCUT2D eigenvalue weighted by Gasteiger charge is -2.06. The van der Waals surface area contributed by atoms with Gasteiger partial charge in [0.15, 0.2) is 0 Å². The third kappa shape index (κ3) is 2.46. The molecule has 0 atom stereocenters. The molecule has 0 nitrogen and oxygen atoms in total. The van der Waals surface area contributed by atoms with E-state index in [9.17, 15) is 0 Å². The highest BCUT2D eigenvalue weighted by Gasteiger charge is 2.00. The first kappa shape index (κ1) is 10.5. The third-order valence-electron chi connectivity index (χ3n) is 2.09. The van der Waals surface area contributed by atoms with Crippen molar-refractivity contribution in [3.63, 3.8) is 0 Å². The predicted molar refractivity (Wildman–Crippen MR) is 64.0 cm³/mol. The highest BCUT2D eigenvalue weighted by atomic mass is 14.0. The van der Waals surface area contributed by atoms with Gasteiger partial charge in [0.2, 0.25) is 0 Å². The average molecular weight is 184 g/mol. The van der Waals surface area contributed by atoms with Crippen molar-refractivity contribution in [3.05, 3.63) is 66.3 Å². The van der Waals surface area contributed by atoms with Crippen molar-refractivity contribution in [2.45, 2.75) is 13.8 Å². The number of benzene rings is 1. The van der Waals surface area contributed by atoms with Crippen molar-refractivity contribution < 1.29 is 0 Å². The maximum Gasteiger partial charge on any atom is -0.0160 e. The first-order valence-electron chi connectivity index (χ1n) is 4.83. The van der Waals surface area contributed by atoms with Crippen molar-refractivity contribution in [2.75, 3.05) is 0 Å². The maximum absolute atomic E-state index is 4.04. The summed E-state index contributed by atoms with van der Waals surface area (Å²) in [7, 11) is 0. The molecule has 1 rings (SSSR count). The molecule has 0 saturated heterocycles. The van der Waals surface area contributed by atoms with Crippen molar-refractivity contribution in [1.29, 1.82) is 0 Å². The van der Waals surface area contributed by atoms with E-state index in [-0.39, 0.29) is 0 Å². The quantitative estimate of drug-likeness (QED) is 0.617. The van der Waals surface area contributed by atoms with E-state index in [1.165, 1.54) is 11.1 Å². The topological polar surface area (TPSA) is 0 Å². The smallest absolute Gasteiger partial charge is 0.0160 e. The normalized spacial score (nSPS) is 12.0. The minimum atomic E-state index is 1.06. The van der Waals surface area contributed by atoms with Gasteiger partial charge in [-0.3, -0.25) is 0 Å². The molecule has 0 aliphatic rings. The van der Waals surface area contributed by atoms with Crippen LogP contribution in [0.25, 0.3) is 5.57 Å². The molecule has 14 heavy (non-hydrogen) atoms. The summed E-state index contributed by atoms with van der Waals surface area (Å²) in [6.07, 6.45) is 6.13. The fourth-order valence-electron chi connectivity index (χ4n) is 1.45. The highest BCUT2D eigenvalue weighted by Crippen LogP contribution is 2.22. The van der Waals surface area contributed by atoms with Crippen LogP contribution in [0, 0.1) is 0 Å². The Morgan fingerprint density at radius 3 is 2.29 bits per heavy atom. The Morgan fingerprint density at radius 1 is 1.14 bits per heavy atom. The molecule has 0 bridgehead atoms. The molecular formula is C14H16. The van der Waals surface area contributed by atoms with Crippen molar-refractivity contribution in [1.82, 2.24) is 0 Å². The molecule has 0 unspecified atom stereocenters. The monoisotopic (exact) mass is 184 g/mol. The van der Waals surface area contributed by atoms with E-state index in [4.69, 9.17) is 0 Å². The lowest BCUT2D eigenvalue weighted by atomic mass is 9.99. The summed E-state index contributed by atoms with van der Waals surface area (Å²) >= 11 is 0. The summed E-state index contributed by atoms with van der Waals surface area (Å²) in [6, 6.07) is 10.3. The molecule has 0 radical (unpaired) electrons. The summed E-state index contributed by atoms with van der Waals surface area (Å²) in [6.45, 7) is 8.08. The van der Waals surface area contributed by atoms with Gasteiger partial charge in [0.05, 0.1) is 0 Å². The fraction of sp³-hybridized carbons (Fsp3) is 0.143. The van der Waals surface area contributed by atoms with E-state index in [2.05, 4.69) is 24.8 Å². The third-order valence-corrected chi connectivity index (χ3v) is 2.09. The molecule has 0 amide bonds. The molecular weight excluding hydrogens is 168 g/mol. The molecule has 0 fully saturated rings.